The predicted octanol–water partition coefficient (Wildman–Crippen LogP) is 7.97. The first-order valence-corrected chi connectivity index (χ1v) is 9.35. The van der Waals surface area contributed by atoms with Crippen LogP contribution in [0.25, 0.3) is 0 Å². The highest BCUT2D eigenvalue weighted by molar-refractivity contribution is 5.32. The highest BCUT2D eigenvalue weighted by Crippen LogP contribution is 2.61. The molecule has 0 spiro atoms. The van der Waals surface area contributed by atoms with Crippen molar-refractivity contribution in [2.45, 2.75) is 80.9 Å². The van der Waals surface area contributed by atoms with Gasteiger partial charge in [-0.05, 0) is 23.5 Å². The van der Waals surface area contributed by atoms with Crippen LogP contribution in [0.4, 0.5) is 57.1 Å². The summed E-state index contributed by atoms with van der Waals surface area (Å²) in [5.41, 5.74) is -3.07. The minimum atomic E-state index is -7.93. The van der Waals surface area contributed by atoms with E-state index in [1.165, 1.54) is 18.2 Å². The van der Waals surface area contributed by atoms with Crippen molar-refractivity contribution in [3.8, 4) is 0 Å². The molecule has 1 rings (SSSR count). The highest BCUT2D eigenvalue weighted by atomic mass is 19.4. The molecule has 1 aromatic carbocycles. The van der Waals surface area contributed by atoms with Crippen molar-refractivity contribution in [3.63, 3.8) is 0 Å². The van der Waals surface area contributed by atoms with Crippen LogP contribution in [0.3, 0.4) is 0 Å². The quantitative estimate of drug-likeness (QED) is 0.314. The van der Waals surface area contributed by atoms with Crippen LogP contribution in [0.2, 0.25) is 0 Å². The van der Waals surface area contributed by atoms with Crippen LogP contribution < -0.4 is 0 Å². The maximum atomic E-state index is 14.4. The molecular formula is C20H21F13O. The Hall–Kier alpha value is -1.73. The summed E-state index contributed by atoms with van der Waals surface area (Å²) in [5.74, 6) is -37.1. The predicted molar refractivity (Wildman–Crippen MR) is 94.9 cm³/mol. The molecule has 0 saturated carbocycles. The van der Waals surface area contributed by atoms with Gasteiger partial charge in [-0.3, -0.25) is 0 Å². The van der Waals surface area contributed by atoms with Crippen LogP contribution in [0.1, 0.15) is 45.2 Å². The van der Waals surface area contributed by atoms with Gasteiger partial charge in [0.25, 0.3) is 0 Å². The summed E-state index contributed by atoms with van der Waals surface area (Å²) in [5, 5.41) is 0. The van der Waals surface area contributed by atoms with E-state index in [0.29, 0.717) is 19.6 Å². The topological polar surface area (TPSA) is 9.23 Å². The third-order valence-electron chi connectivity index (χ3n) is 5.35. The summed E-state index contributed by atoms with van der Waals surface area (Å²) >= 11 is 0. The number of ether oxygens (including phenoxy) is 1. The average molecular weight is 524 g/mol. The molecule has 34 heavy (non-hydrogen) atoms. The van der Waals surface area contributed by atoms with Gasteiger partial charge < -0.3 is 4.74 Å². The van der Waals surface area contributed by atoms with Crippen LogP contribution in [-0.2, 0) is 15.8 Å². The first-order chi connectivity index (χ1) is 14.7. The second-order valence-corrected chi connectivity index (χ2v) is 8.94. The SMILES string of the molecule is COC(C)(CC(F)(F)C(F)(F)C(F)(F)C(F)(F)C(F)(F)C(F)(F)F)c1cccc(C(C)(C)C)c1. The second kappa shape index (κ2) is 8.44. The van der Waals surface area contributed by atoms with Crippen molar-refractivity contribution in [2.75, 3.05) is 7.11 Å². The van der Waals surface area contributed by atoms with Crippen molar-refractivity contribution in [3.05, 3.63) is 35.4 Å². The minimum Gasteiger partial charge on any atom is -0.374 e. The van der Waals surface area contributed by atoms with Crippen molar-refractivity contribution < 1.29 is 61.8 Å². The van der Waals surface area contributed by atoms with Gasteiger partial charge in [0, 0.05) is 7.11 Å². The molecule has 0 aliphatic carbocycles. The van der Waals surface area contributed by atoms with Gasteiger partial charge in [0.15, 0.2) is 0 Å². The number of methoxy groups -OCH3 is 1. The summed E-state index contributed by atoms with van der Waals surface area (Å²) < 4.78 is 179. The fourth-order valence-electron chi connectivity index (χ4n) is 2.94. The molecule has 14 heteroatoms. The largest absolute Gasteiger partial charge is 0.460 e. The standard InChI is InChI=1S/C20H21F13O/c1-13(2,3)11-7-6-8-12(9-11)14(4,34-5)10-15(21,22)16(23,24)17(25,26)18(27,28)19(29,30)20(31,32)33/h6-9H,10H2,1-5H3. The Morgan fingerprint density at radius 3 is 1.41 bits per heavy atom. The zero-order valence-electron chi connectivity index (χ0n) is 18.3. The highest BCUT2D eigenvalue weighted by Gasteiger charge is 2.90. The van der Waals surface area contributed by atoms with E-state index in [9.17, 15) is 57.1 Å². The fraction of sp³-hybridized carbons (Fsp3) is 0.700. The van der Waals surface area contributed by atoms with E-state index in [-0.39, 0.29) is 5.56 Å². The lowest BCUT2D eigenvalue weighted by atomic mass is 9.80. The Labute approximate surface area is 186 Å². The Bertz CT molecular complexity index is 868. The summed E-state index contributed by atoms with van der Waals surface area (Å²) in [6, 6.07) is 5.02. The first kappa shape index (κ1) is 30.3. The second-order valence-electron chi connectivity index (χ2n) is 8.94. The van der Waals surface area contributed by atoms with Crippen LogP contribution in [-0.4, -0.2) is 42.9 Å². The molecule has 0 N–H and O–H groups in total. The van der Waals surface area contributed by atoms with Gasteiger partial charge in [0.05, 0.1) is 12.0 Å². The van der Waals surface area contributed by atoms with Gasteiger partial charge in [-0.15, -0.1) is 0 Å². The third kappa shape index (κ3) is 4.70. The molecule has 0 saturated heterocycles. The Morgan fingerprint density at radius 1 is 0.618 bits per heavy atom. The molecule has 0 heterocycles. The molecule has 0 aromatic heterocycles. The van der Waals surface area contributed by atoms with Gasteiger partial charge in [-0.25, -0.2) is 0 Å². The van der Waals surface area contributed by atoms with Gasteiger partial charge in [-0.2, -0.15) is 57.1 Å². The van der Waals surface area contributed by atoms with Crippen LogP contribution in [0, 0.1) is 0 Å². The summed E-state index contributed by atoms with van der Waals surface area (Å²) in [6.45, 7) is 5.72. The van der Waals surface area contributed by atoms with Crippen molar-refractivity contribution in [1.29, 1.82) is 0 Å². The van der Waals surface area contributed by atoms with Crippen LogP contribution >= 0.6 is 0 Å². The van der Waals surface area contributed by atoms with Crippen molar-refractivity contribution >= 4 is 0 Å². The average Bonchev–Trinajstić information content (AvgIpc) is 2.65. The lowest BCUT2D eigenvalue weighted by Crippen LogP contribution is -2.70. The normalized spacial score (nSPS) is 17.0. The van der Waals surface area contributed by atoms with Crippen molar-refractivity contribution in [2.24, 2.45) is 0 Å². The zero-order chi connectivity index (χ0) is 27.4. The lowest BCUT2D eigenvalue weighted by molar-refractivity contribution is -0.441. The maximum Gasteiger partial charge on any atom is 0.460 e. The van der Waals surface area contributed by atoms with Gasteiger partial charge in [0.1, 0.15) is 0 Å². The van der Waals surface area contributed by atoms with E-state index in [1.807, 2.05) is 0 Å². The first-order valence-electron chi connectivity index (χ1n) is 9.35. The summed E-state index contributed by atoms with van der Waals surface area (Å²) in [7, 11) is 0.697. The molecule has 0 amide bonds. The molecule has 1 aromatic rings. The van der Waals surface area contributed by atoms with E-state index < -0.39 is 53.2 Å². The minimum absolute atomic E-state index is 0.298. The number of halogens is 13. The third-order valence-corrected chi connectivity index (χ3v) is 5.35. The molecule has 1 unspecified atom stereocenters. The van der Waals surface area contributed by atoms with E-state index in [1.54, 1.807) is 20.8 Å². The number of hydrogen-bond donors (Lipinski definition) is 0. The molecular weight excluding hydrogens is 503 g/mol. The van der Waals surface area contributed by atoms with Gasteiger partial charge in [-0.1, -0.05) is 45.0 Å². The van der Waals surface area contributed by atoms with Crippen molar-refractivity contribution in [1.82, 2.24) is 0 Å². The van der Waals surface area contributed by atoms with E-state index >= 15 is 0 Å². The zero-order valence-corrected chi connectivity index (χ0v) is 18.3. The molecule has 0 fully saturated rings. The molecule has 0 aliphatic heterocycles. The lowest BCUT2D eigenvalue weighted by Gasteiger charge is -2.42. The number of hydrogen-bond acceptors (Lipinski definition) is 1. The Morgan fingerprint density at radius 2 is 1.03 bits per heavy atom. The van der Waals surface area contributed by atoms with Gasteiger partial charge in [0.2, 0.25) is 0 Å². The Kier molecular flexibility index (Phi) is 7.52. The van der Waals surface area contributed by atoms with Crippen LogP contribution in [0.5, 0.6) is 0 Å². The molecule has 198 valence electrons. The number of alkyl halides is 13. The molecule has 1 nitrogen and oxygen atoms in total. The molecule has 0 bridgehead atoms. The Balaban J connectivity index is 3.57. The number of rotatable bonds is 8. The van der Waals surface area contributed by atoms with Crippen LogP contribution in [0.15, 0.2) is 24.3 Å². The summed E-state index contributed by atoms with van der Waals surface area (Å²) in [4.78, 5) is 0. The number of benzene rings is 1. The van der Waals surface area contributed by atoms with Gasteiger partial charge >= 0.3 is 35.8 Å². The fourth-order valence-corrected chi connectivity index (χ4v) is 2.94. The van der Waals surface area contributed by atoms with E-state index in [0.717, 1.165) is 6.07 Å². The molecule has 0 aliphatic rings. The van der Waals surface area contributed by atoms with E-state index in [2.05, 4.69) is 0 Å². The monoisotopic (exact) mass is 524 g/mol. The molecule has 1 atom stereocenters. The van der Waals surface area contributed by atoms with E-state index in [4.69, 9.17) is 4.74 Å². The maximum absolute atomic E-state index is 14.4. The smallest absolute Gasteiger partial charge is 0.374 e. The summed E-state index contributed by atoms with van der Waals surface area (Å²) in [6.07, 6.45) is -9.92. The molecule has 0 radical (unpaired) electrons.